The first kappa shape index (κ1) is 11.7. The van der Waals surface area contributed by atoms with Gasteiger partial charge in [0.15, 0.2) is 0 Å². The Morgan fingerprint density at radius 2 is 2.11 bits per heavy atom. The Labute approximate surface area is 107 Å². The molecule has 2 aliphatic rings. The molecule has 1 aromatic heterocycles. The monoisotopic (exact) mass is 248 g/mol. The lowest BCUT2D eigenvalue weighted by Gasteiger charge is -2.21. The zero-order chi connectivity index (χ0) is 12.7. The van der Waals surface area contributed by atoms with E-state index in [0.717, 1.165) is 11.5 Å². The van der Waals surface area contributed by atoms with Gasteiger partial charge in [0, 0.05) is 25.1 Å². The smallest absolute Gasteiger partial charge is 0.229 e. The molecule has 0 bridgehead atoms. The van der Waals surface area contributed by atoms with Gasteiger partial charge in [0.2, 0.25) is 5.91 Å². The fourth-order valence-corrected chi connectivity index (χ4v) is 3.08. The van der Waals surface area contributed by atoms with Gasteiger partial charge in [-0.25, -0.2) is 4.68 Å². The minimum absolute atomic E-state index is 0.0373. The van der Waals surface area contributed by atoms with Crippen molar-refractivity contribution in [2.24, 2.45) is 5.73 Å². The maximum Gasteiger partial charge on any atom is 0.229 e. The topological polar surface area (TPSA) is 64.2 Å². The molecule has 0 aromatic carbocycles. The highest BCUT2D eigenvalue weighted by molar-refractivity contribution is 5.95. The van der Waals surface area contributed by atoms with Crippen LogP contribution in [0.4, 0.5) is 5.82 Å². The Balaban J connectivity index is 1.93. The first-order chi connectivity index (χ1) is 8.65. The first-order valence-corrected chi connectivity index (χ1v) is 6.77. The number of hydrogen-bond donors (Lipinski definition) is 1. The summed E-state index contributed by atoms with van der Waals surface area (Å²) in [6, 6.07) is 2.43. The molecule has 1 amide bonds. The number of carbonyl (C=O) groups excluding carboxylic acids is 1. The molecule has 0 radical (unpaired) electrons. The third kappa shape index (κ3) is 1.92. The molecule has 2 heterocycles. The number of carbonyl (C=O) groups is 1. The van der Waals surface area contributed by atoms with Crippen LogP contribution >= 0.6 is 0 Å². The molecular formula is C13H20N4O. The van der Waals surface area contributed by atoms with Crippen molar-refractivity contribution < 1.29 is 4.79 Å². The van der Waals surface area contributed by atoms with E-state index in [-0.39, 0.29) is 11.9 Å². The second-order valence-electron chi connectivity index (χ2n) is 5.50. The SMILES string of the molecule is Cc1cc(N2CC(N)CC2=O)n(C2CCCC2)n1. The summed E-state index contributed by atoms with van der Waals surface area (Å²) in [5.41, 5.74) is 6.85. The number of aryl methyl sites for hydroxylation is 1. The number of amides is 1. The Hall–Kier alpha value is -1.36. The van der Waals surface area contributed by atoms with E-state index in [4.69, 9.17) is 5.73 Å². The minimum Gasteiger partial charge on any atom is -0.326 e. The van der Waals surface area contributed by atoms with Crippen molar-refractivity contribution >= 4 is 11.7 Å². The summed E-state index contributed by atoms with van der Waals surface area (Å²) < 4.78 is 2.05. The number of nitrogens with zero attached hydrogens (tertiary/aromatic N) is 3. The number of hydrogen-bond acceptors (Lipinski definition) is 3. The lowest BCUT2D eigenvalue weighted by molar-refractivity contribution is -0.117. The molecule has 98 valence electrons. The molecule has 1 aliphatic carbocycles. The standard InChI is InChI=1S/C13H20N4O/c1-9-6-12(16-8-10(14)7-13(16)18)17(15-9)11-4-2-3-5-11/h6,10-11H,2-5,7-8,14H2,1H3. The summed E-state index contributed by atoms with van der Waals surface area (Å²) in [5.74, 6) is 1.07. The highest BCUT2D eigenvalue weighted by Gasteiger charge is 2.32. The molecule has 5 heteroatoms. The van der Waals surface area contributed by atoms with Gasteiger partial charge in [-0.3, -0.25) is 9.69 Å². The maximum absolute atomic E-state index is 12.0. The van der Waals surface area contributed by atoms with E-state index < -0.39 is 0 Å². The van der Waals surface area contributed by atoms with E-state index in [2.05, 4.69) is 9.78 Å². The van der Waals surface area contributed by atoms with Crippen molar-refractivity contribution in [3.05, 3.63) is 11.8 Å². The van der Waals surface area contributed by atoms with E-state index in [9.17, 15) is 4.79 Å². The van der Waals surface area contributed by atoms with Gasteiger partial charge in [-0.05, 0) is 19.8 Å². The molecule has 1 aliphatic heterocycles. The quantitative estimate of drug-likeness (QED) is 0.859. The number of aromatic nitrogens is 2. The second kappa shape index (κ2) is 4.39. The predicted octanol–water partition coefficient (Wildman–Crippen LogP) is 1.37. The third-order valence-electron chi connectivity index (χ3n) is 3.94. The molecule has 1 aromatic rings. The second-order valence-corrected chi connectivity index (χ2v) is 5.50. The van der Waals surface area contributed by atoms with Gasteiger partial charge in [0.25, 0.3) is 0 Å². The van der Waals surface area contributed by atoms with Gasteiger partial charge in [0.1, 0.15) is 5.82 Å². The average Bonchev–Trinajstić information content (AvgIpc) is 2.98. The van der Waals surface area contributed by atoms with Crippen LogP contribution in [0.5, 0.6) is 0 Å². The van der Waals surface area contributed by atoms with Crippen molar-refractivity contribution in [1.29, 1.82) is 0 Å². The number of nitrogens with two attached hydrogens (primary N) is 1. The van der Waals surface area contributed by atoms with Gasteiger partial charge in [0.05, 0.1) is 11.7 Å². The van der Waals surface area contributed by atoms with Crippen LogP contribution < -0.4 is 10.6 Å². The van der Waals surface area contributed by atoms with Crippen LogP contribution in [-0.2, 0) is 4.79 Å². The third-order valence-corrected chi connectivity index (χ3v) is 3.94. The van der Waals surface area contributed by atoms with Crippen LogP contribution in [0.25, 0.3) is 0 Å². The largest absolute Gasteiger partial charge is 0.326 e. The Kier molecular flexibility index (Phi) is 2.86. The summed E-state index contributed by atoms with van der Waals surface area (Å²) in [6.45, 7) is 2.60. The summed E-state index contributed by atoms with van der Waals surface area (Å²) in [5, 5.41) is 4.58. The van der Waals surface area contributed by atoms with Crippen LogP contribution in [0.2, 0.25) is 0 Å². The van der Waals surface area contributed by atoms with Crippen molar-refractivity contribution in [2.45, 2.75) is 51.1 Å². The molecule has 1 saturated carbocycles. The normalized spacial score (nSPS) is 25.3. The van der Waals surface area contributed by atoms with Gasteiger partial charge >= 0.3 is 0 Å². The predicted molar refractivity (Wildman–Crippen MR) is 69.4 cm³/mol. The summed E-state index contributed by atoms with van der Waals surface area (Å²) in [7, 11) is 0. The molecule has 1 atom stereocenters. The van der Waals surface area contributed by atoms with Crippen LogP contribution in [0.1, 0.15) is 43.8 Å². The molecule has 18 heavy (non-hydrogen) atoms. The summed E-state index contributed by atoms with van der Waals surface area (Å²) in [6.07, 6.45) is 5.31. The molecule has 1 unspecified atom stereocenters. The molecule has 2 N–H and O–H groups in total. The van der Waals surface area contributed by atoms with E-state index in [1.807, 2.05) is 17.9 Å². The van der Waals surface area contributed by atoms with E-state index in [1.165, 1.54) is 25.7 Å². The Morgan fingerprint density at radius 1 is 1.39 bits per heavy atom. The first-order valence-electron chi connectivity index (χ1n) is 6.77. The lowest BCUT2D eigenvalue weighted by atomic mass is 10.2. The van der Waals surface area contributed by atoms with Gasteiger partial charge in [-0.2, -0.15) is 5.10 Å². The lowest BCUT2D eigenvalue weighted by Crippen LogP contribution is -2.30. The van der Waals surface area contributed by atoms with Gasteiger partial charge in [-0.1, -0.05) is 12.8 Å². The van der Waals surface area contributed by atoms with Crippen molar-refractivity contribution in [3.63, 3.8) is 0 Å². The van der Waals surface area contributed by atoms with Gasteiger partial charge in [-0.15, -0.1) is 0 Å². The Bertz CT molecular complexity index is 462. The van der Waals surface area contributed by atoms with Crippen molar-refractivity contribution in [2.75, 3.05) is 11.4 Å². The van der Waals surface area contributed by atoms with Crippen LogP contribution in [0, 0.1) is 6.92 Å². The Morgan fingerprint density at radius 3 is 2.72 bits per heavy atom. The fraction of sp³-hybridized carbons (Fsp3) is 0.692. The molecule has 0 spiro atoms. The maximum atomic E-state index is 12.0. The van der Waals surface area contributed by atoms with Crippen LogP contribution in [0.3, 0.4) is 0 Å². The molecule has 1 saturated heterocycles. The van der Waals surface area contributed by atoms with Crippen molar-refractivity contribution in [1.82, 2.24) is 9.78 Å². The van der Waals surface area contributed by atoms with E-state index >= 15 is 0 Å². The highest BCUT2D eigenvalue weighted by Crippen LogP contribution is 2.34. The molecule has 3 rings (SSSR count). The van der Waals surface area contributed by atoms with E-state index in [0.29, 0.717) is 19.0 Å². The molecular weight excluding hydrogens is 228 g/mol. The highest BCUT2D eigenvalue weighted by atomic mass is 16.2. The van der Waals surface area contributed by atoms with Crippen molar-refractivity contribution in [3.8, 4) is 0 Å². The molecule has 2 fully saturated rings. The number of anilines is 1. The minimum atomic E-state index is -0.0373. The summed E-state index contributed by atoms with van der Waals surface area (Å²) >= 11 is 0. The number of rotatable bonds is 2. The van der Waals surface area contributed by atoms with Gasteiger partial charge < -0.3 is 5.73 Å². The zero-order valence-electron chi connectivity index (χ0n) is 10.8. The van der Waals surface area contributed by atoms with Crippen LogP contribution in [-0.4, -0.2) is 28.3 Å². The van der Waals surface area contributed by atoms with Crippen LogP contribution in [0.15, 0.2) is 6.07 Å². The van der Waals surface area contributed by atoms with E-state index in [1.54, 1.807) is 0 Å². The molecule has 5 nitrogen and oxygen atoms in total. The summed E-state index contributed by atoms with van der Waals surface area (Å²) in [4.78, 5) is 13.8. The zero-order valence-corrected chi connectivity index (χ0v) is 10.8. The average molecular weight is 248 g/mol. The fourth-order valence-electron chi connectivity index (χ4n) is 3.08.